The molecule has 0 aromatic heterocycles. The Morgan fingerprint density at radius 1 is 1.43 bits per heavy atom. The van der Waals surface area contributed by atoms with Gasteiger partial charge in [0.05, 0.1) is 12.7 Å². The molecule has 0 fully saturated rings. The third-order valence-electron chi connectivity index (χ3n) is 1.94. The Bertz CT molecular complexity index is 149. The van der Waals surface area contributed by atoms with Gasteiger partial charge >= 0.3 is 0 Å². The lowest BCUT2D eigenvalue weighted by molar-refractivity contribution is 0.0801. The molecule has 2 heteroatoms. The summed E-state index contributed by atoms with van der Waals surface area (Å²) in [5.74, 6) is 0. The van der Waals surface area contributed by atoms with E-state index in [1.54, 1.807) is 6.08 Å². The average molecular weight is 199 g/mol. The molecule has 2 nitrogen and oxygen atoms in total. The van der Waals surface area contributed by atoms with E-state index in [1.165, 1.54) is 0 Å². The van der Waals surface area contributed by atoms with Crippen molar-refractivity contribution in [2.24, 2.45) is 0 Å². The normalized spacial score (nSPS) is 14.0. The van der Waals surface area contributed by atoms with Gasteiger partial charge in [0, 0.05) is 5.54 Å². The van der Waals surface area contributed by atoms with Crippen LogP contribution in [0, 0.1) is 0 Å². The summed E-state index contributed by atoms with van der Waals surface area (Å²) in [6.45, 7) is 14.0. The van der Waals surface area contributed by atoms with E-state index in [0.717, 1.165) is 19.4 Å². The van der Waals surface area contributed by atoms with E-state index in [-0.39, 0.29) is 5.54 Å². The Morgan fingerprint density at radius 2 is 2.07 bits per heavy atom. The molecular formula is C12H25NO. The van der Waals surface area contributed by atoms with Gasteiger partial charge in [0.1, 0.15) is 0 Å². The van der Waals surface area contributed by atoms with Gasteiger partial charge in [0.2, 0.25) is 0 Å². The van der Waals surface area contributed by atoms with Crippen LogP contribution in [0.1, 0.15) is 40.5 Å². The van der Waals surface area contributed by atoms with Crippen LogP contribution >= 0.6 is 0 Å². The zero-order valence-electron chi connectivity index (χ0n) is 10.1. The second-order valence-corrected chi connectivity index (χ2v) is 4.75. The minimum Gasteiger partial charge on any atom is -0.374 e. The van der Waals surface area contributed by atoms with Gasteiger partial charge in [-0.25, -0.2) is 0 Å². The quantitative estimate of drug-likeness (QED) is 0.503. The molecule has 1 unspecified atom stereocenters. The van der Waals surface area contributed by atoms with Crippen LogP contribution in [0.2, 0.25) is 0 Å². The van der Waals surface area contributed by atoms with E-state index in [4.69, 9.17) is 4.74 Å². The summed E-state index contributed by atoms with van der Waals surface area (Å²) in [5, 5.41) is 3.46. The monoisotopic (exact) mass is 199 g/mol. The van der Waals surface area contributed by atoms with Crippen LogP contribution in [0.5, 0.6) is 0 Å². The van der Waals surface area contributed by atoms with E-state index in [2.05, 4.69) is 39.6 Å². The van der Waals surface area contributed by atoms with Crippen LogP contribution in [-0.2, 0) is 4.74 Å². The van der Waals surface area contributed by atoms with Gasteiger partial charge in [0.25, 0.3) is 0 Å². The predicted molar refractivity (Wildman–Crippen MR) is 62.6 cm³/mol. The smallest absolute Gasteiger partial charge is 0.0648 e. The third kappa shape index (κ3) is 9.75. The van der Waals surface area contributed by atoms with E-state index in [1.807, 2.05) is 0 Å². The molecule has 0 aromatic carbocycles. The lowest BCUT2D eigenvalue weighted by atomic mass is 10.1. The molecular weight excluding hydrogens is 174 g/mol. The van der Waals surface area contributed by atoms with Crippen molar-refractivity contribution in [3.8, 4) is 0 Å². The van der Waals surface area contributed by atoms with Crippen molar-refractivity contribution >= 4 is 0 Å². The van der Waals surface area contributed by atoms with Crippen molar-refractivity contribution in [1.82, 2.24) is 5.32 Å². The molecule has 0 aliphatic heterocycles. The molecule has 1 N–H and O–H groups in total. The number of hydrogen-bond donors (Lipinski definition) is 1. The van der Waals surface area contributed by atoms with Crippen molar-refractivity contribution in [2.45, 2.75) is 52.2 Å². The summed E-state index contributed by atoms with van der Waals surface area (Å²) in [6, 6.07) is 0. The Kier molecular flexibility index (Phi) is 6.85. The highest BCUT2D eigenvalue weighted by Crippen LogP contribution is 2.03. The largest absolute Gasteiger partial charge is 0.374 e. The standard InChI is InChI=1S/C12H25NO/c1-6-10-14-11(2)8-7-9-13-12(3,4)5/h6,11,13H,1,7-10H2,2-5H3. The van der Waals surface area contributed by atoms with Gasteiger partial charge in [-0.05, 0) is 47.1 Å². The molecule has 0 amide bonds. The van der Waals surface area contributed by atoms with Crippen LogP contribution in [0.3, 0.4) is 0 Å². The van der Waals surface area contributed by atoms with Gasteiger partial charge in [-0.2, -0.15) is 0 Å². The van der Waals surface area contributed by atoms with E-state index in [9.17, 15) is 0 Å². The van der Waals surface area contributed by atoms with Crippen LogP contribution in [0.4, 0.5) is 0 Å². The molecule has 0 heterocycles. The summed E-state index contributed by atoms with van der Waals surface area (Å²) in [4.78, 5) is 0. The Morgan fingerprint density at radius 3 is 2.57 bits per heavy atom. The van der Waals surface area contributed by atoms with Crippen LogP contribution in [-0.4, -0.2) is 24.8 Å². The van der Waals surface area contributed by atoms with Crippen LogP contribution in [0.15, 0.2) is 12.7 Å². The molecule has 0 aliphatic rings. The lowest BCUT2D eigenvalue weighted by Gasteiger charge is -2.21. The number of ether oxygens (including phenoxy) is 1. The highest BCUT2D eigenvalue weighted by atomic mass is 16.5. The maximum atomic E-state index is 5.48. The van der Waals surface area contributed by atoms with E-state index < -0.39 is 0 Å². The van der Waals surface area contributed by atoms with Gasteiger partial charge in [0.15, 0.2) is 0 Å². The van der Waals surface area contributed by atoms with Gasteiger partial charge in [-0.1, -0.05) is 6.08 Å². The zero-order valence-corrected chi connectivity index (χ0v) is 10.1. The first-order valence-corrected chi connectivity index (χ1v) is 5.43. The first-order chi connectivity index (χ1) is 6.45. The van der Waals surface area contributed by atoms with Crippen LogP contribution in [0.25, 0.3) is 0 Å². The molecule has 0 saturated heterocycles. The fourth-order valence-corrected chi connectivity index (χ4v) is 1.17. The van der Waals surface area contributed by atoms with E-state index in [0.29, 0.717) is 12.7 Å². The lowest BCUT2D eigenvalue weighted by Crippen LogP contribution is -2.36. The van der Waals surface area contributed by atoms with Gasteiger partial charge in [-0.15, -0.1) is 6.58 Å². The highest BCUT2D eigenvalue weighted by Gasteiger charge is 2.08. The number of nitrogens with one attached hydrogen (secondary N) is 1. The minimum absolute atomic E-state index is 0.227. The SMILES string of the molecule is C=CCOC(C)CCCNC(C)(C)C. The highest BCUT2D eigenvalue weighted by molar-refractivity contribution is 4.70. The number of hydrogen-bond acceptors (Lipinski definition) is 2. The van der Waals surface area contributed by atoms with Crippen molar-refractivity contribution in [3.63, 3.8) is 0 Å². The molecule has 0 radical (unpaired) electrons. The second kappa shape index (κ2) is 7.02. The van der Waals surface area contributed by atoms with Crippen molar-refractivity contribution in [3.05, 3.63) is 12.7 Å². The topological polar surface area (TPSA) is 21.3 Å². The maximum absolute atomic E-state index is 5.48. The Hall–Kier alpha value is -0.340. The van der Waals surface area contributed by atoms with E-state index >= 15 is 0 Å². The summed E-state index contributed by atoms with van der Waals surface area (Å²) >= 11 is 0. The molecule has 0 saturated carbocycles. The number of rotatable bonds is 7. The minimum atomic E-state index is 0.227. The molecule has 0 aromatic rings. The summed E-state index contributed by atoms with van der Waals surface area (Å²) in [7, 11) is 0. The molecule has 0 aliphatic carbocycles. The Labute approximate surface area is 88.7 Å². The molecule has 0 bridgehead atoms. The summed E-state index contributed by atoms with van der Waals surface area (Å²) in [6.07, 6.45) is 4.41. The fraction of sp³-hybridized carbons (Fsp3) is 0.833. The van der Waals surface area contributed by atoms with Gasteiger partial charge in [-0.3, -0.25) is 0 Å². The molecule has 84 valence electrons. The Balaban J connectivity index is 3.31. The molecule has 14 heavy (non-hydrogen) atoms. The van der Waals surface area contributed by atoms with Crippen molar-refractivity contribution in [2.75, 3.05) is 13.2 Å². The zero-order chi connectivity index (χ0) is 11.0. The third-order valence-corrected chi connectivity index (χ3v) is 1.94. The fourth-order valence-electron chi connectivity index (χ4n) is 1.17. The van der Waals surface area contributed by atoms with Crippen molar-refractivity contribution in [1.29, 1.82) is 0 Å². The maximum Gasteiger partial charge on any atom is 0.0648 e. The van der Waals surface area contributed by atoms with Gasteiger partial charge < -0.3 is 10.1 Å². The van der Waals surface area contributed by atoms with Crippen molar-refractivity contribution < 1.29 is 4.74 Å². The first kappa shape index (κ1) is 13.7. The molecule has 0 rings (SSSR count). The second-order valence-electron chi connectivity index (χ2n) is 4.75. The first-order valence-electron chi connectivity index (χ1n) is 5.43. The molecule has 0 spiro atoms. The predicted octanol–water partition coefficient (Wildman–Crippen LogP) is 2.75. The average Bonchev–Trinajstić information content (AvgIpc) is 2.07. The summed E-state index contributed by atoms with van der Waals surface area (Å²) < 4.78 is 5.48. The summed E-state index contributed by atoms with van der Waals surface area (Å²) in [5.41, 5.74) is 0.227. The molecule has 1 atom stereocenters. The van der Waals surface area contributed by atoms with Crippen LogP contribution < -0.4 is 5.32 Å².